The molecule has 0 radical (unpaired) electrons. The van der Waals surface area contributed by atoms with E-state index in [1.165, 1.54) is 0 Å². The molecule has 2 N–H and O–H groups in total. The van der Waals surface area contributed by atoms with Crippen LogP contribution >= 0.6 is 0 Å². The first-order valence-electron chi connectivity index (χ1n) is 6.29. The van der Waals surface area contributed by atoms with Crippen LogP contribution in [0.15, 0.2) is 54.9 Å². The van der Waals surface area contributed by atoms with Crippen LogP contribution in [0.3, 0.4) is 0 Å². The van der Waals surface area contributed by atoms with E-state index in [0.717, 1.165) is 16.7 Å². The average molecular weight is 268 g/mol. The number of hydrogen-bond acceptors (Lipinski definition) is 3. The number of carbonyl (C=O) groups excluding carboxylic acids is 1. The maximum absolute atomic E-state index is 11.8. The molecule has 2 rings (SSSR count). The zero-order chi connectivity index (χ0) is 14.4. The molecule has 1 aromatic heterocycles. The highest BCUT2D eigenvalue weighted by Crippen LogP contribution is 2.17. The van der Waals surface area contributed by atoms with E-state index in [2.05, 4.69) is 10.3 Å². The van der Waals surface area contributed by atoms with Gasteiger partial charge in [-0.25, -0.2) is 0 Å². The van der Waals surface area contributed by atoms with Crippen molar-refractivity contribution in [1.29, 1.82) is 0 Å². The Kier molecular flexibility index (Phi) is 4.50. The molecular formula is C16H16N2O2. The van der Waals surface area contributed by atoms with E-state index in [-0.39, 0.29) is 11.7 Å². The topological polar surface area (TPSA) is 62.2 Å². The maximum Gasteiger partial charge on any atom is 0.244 e. The fraction of sp³-hybridized carbons (Fsp3) is 0.125. The fourth-order valence-electron chi connectivity index (χ4n) is 1.75. The second-order valence-corrected chi connectivity index (χ2v) is 4.45. The summed E-state index contributed by atoms with van der Waals surface area (Å²) in [7, 11) is 0. The molecule has 0 bridgehead atoms. The molecule has 4 heteroatoms. The fourth-order valence-corrected chi connectivity index (χ4v) is 1.75. The van der Waals surface area contributed by atoms with Crippen molar-refractivity contribution in [3.05, 3.63) is 66.0 Å². The molecule has 0 aliphatic rings. The standard InChI is InChI=1S/C16H16N2O2/c1-12(14-4-6-15(19)7-5-14)9-16(20)18-11-13-3-2-8-17-10-13/h2-10,19H,11H2,1H3,(H,18,20)/b12-9+. The van der Waals surface area contributed by atoms with Crippen molar-refractivity contribution in [2.45, 2.75) is 13.5 Å². The highest BCUT2D eigenvalue weighted by atomic mass is 16.3. The molecule has 0 unspecified atom stereocenters. The molecular weight excluding hydrogens is 252 g/mol. The van der Waals surface area contributed by atoms with Crippen LogP contribution in [-0.2, 0) is 11.3 Å². The summed E-state index contributed by atoms with van der Waals surface area (Å²) < 4.78 is 0. The quantitative estimate of drug-likeness (QED) is 0.837. The molecule has 0 aliphatic carbocycles. The number of allylic oxidation sites excluding steroid dienone is 1. The minimum Gasteiger partial charge on any atom is -0.508 e. The first kappa shape index (κ1) is 13.8. The van der Waals surface area contributed by atoms with Gasteiger partial charge in [-0.15, -0.1) is 0 Å². The van der Waals surface area contributed by atoms with E-state index in [4.69, 9.17) is 0 Å². The summed E-state index contributed by atoms with van der Waals surface area (Å²) in [6.07, 6.45) is 4.96. The Bertz CT molecular complexity index is 604. The van der Waals surface area contributed by atoms with E-state index in [9.17, 15) is 9.90 Å². The molecule has 0 spiro atoms. The van der Waals surface area contributed by atoms with Gasteiger partial charge in [-0.05, 0) is 41.8 Å². The summed E-state index contributed by atoms with van der Waals surface area (Å²) in [5.74, 6) is 0.0574. The third-order valence-corrected chi connectivity index (χ3v) is 2.86. The number of nitrogens with zero attached hydrogens (tertiary/aromatic N) is 1. The predicted molar refractivity (Wildman–Crippen MR) is 77.8 cm³/mol. The van der Waals surface area contributed by atoms with Gasteiger partial charge in [-0.3, -0.25) is 9.78 Å². The van der Waals surface area contributed by atoms with Gasteiger partial charge in [0.05, 0.1) is 0 Å². The second kappa shape index (κ2) is 6.52. The number of aromatic nitrogens is 1. The van der Waals surface area contributed by atoms with E-state index in [0.29, 0.717) is 6.54 Å². The number of amides is 1. The minimum atomic E-state index is -0.153. The number of aromatic hydroxyl groups is 1. The summed E-state index contributed by atoms with van der Waals surface area (Å²) in [4.78, 5) is 15.8. The Hall–Kier alpha value is -2.62. The van der Waals surface area contributed by atoms with Crippen molar-refractivity contribution in [3.8, 4) is 5.75 Å². The lowest BCUT2D eigenvalue weighted by molar-refractivity contribution is -0.116. The van der Waals surface area contributed by atoms with E-state index in [1.807, 2.05) is 19.1 Å². The third-order valence-electron chi connectivity index (χ3n) is 2.86. The smallest absolute Gasteiger partial charge is 0.244 e. The average Bonchev–Trinajstić information content (AvgIpc) is 2.47. The normalized spacial score (nSPS) is 11.2. The van der Waals surface area contributed by atoms with Gasteiger partial charge in [0.25, 0.3) is 0 Å². The Labute approximate surface area is 117 Å². The van der Waals surface area contributed by atoms with Gasteiger partial charge in [0.15, 0.2) is 0 Å². The molecule has 1 aromatic carbocycles. The predicted octanol–water partition coefficient (Wildman–Crippen LogP) is 2.51. The highest BCUT2D eigenvalue weighted by molar-refractivity contribution is 5.94. The number of phenolic OH excluding ortho intramolecular Hbond substituents is 1. The summed E-state index contributed by atoms with van der Waals surface area (Å²) in [6, 6.07) is 10.5. The third kappa shape index (κ3) is 3.95. The van der Waals surface area contributed by atoms with Crippen LogP contribution in [0.5, 0.6) is 5.75 Å². The van der Waals surface area contributed by atoms with Crippen molar-refractivity contribution in [2.75, 3.05) is 0 Å². The molecule has 4 nitrogen and oxygen atoms in total. The van der Waals surface area contributed by atoms with Crippen molar-refractivity contribution in [1.82, 2.24) is 10.3 Å². The lowest BCUT2D eigenvalue weighted by atomic mass is 10.1. The van der Waals surface area contributed by atoms with Crippen LogP contribution in [0, 0.1) is 0 Å². The zero-order valence-electron chi connectivity index (χ0n) is 11.2. The van der Waals surface area contributed by atoms with Crippen LogP contribution in [0.25, 0.3) is 5.57 Å². The summed E-state index contributed by atoms with van der Waals surface area (Å²) in [5.41, 5.74) is 2.70. The number of nitrogens with one attached hydrogen (secondary N) is 1. The lowest BCUT2D eigenvalue weighted by Crippen LogP contribution is -2.20. The number of pyridine rings is 1. The molecule has 0 fully saturated rings. The highest BCUT2D eigenvalue weighted by Gasteiger charge is 2.01. The summed E-state index contributed by atoms with van der Waals surface area (Å²) >= 11 is 0. The van der Waals surface area contributed by atoms with Gasteiger partial charge in [0.1, 0.15) is 5.75 Å². The largest absolute Gasteiger partial charge is 0.508 e. The molecule has 0 atom stereocenters. The zero-order valence-corrected chi connectivity index (χ0v) is 11.2. The Morgan fingerprint density at radius 3 is 2.70 bits per heavy atom. The maximum atomic E-state index is 11.8. The lowest BCUT2D eigenvalue weighted by Gasteiger charge is -2.04. The molecule has 20 heavy (non-hydrogen) atoms. The van der Waals surface area contributed by atoms with Crippen LogP contribution in [-0.4, -0.2) is 16.0 Å². The molecule has 0 saturated heterocycles. The summed E-state index contributed by atoms with van der Waals surface area (Å²) in [5, 5.41) is 12.0. The molecule has 2 aromatic rings. The van der Waals surface area contributed by atoms with Crippen molar-refractivity contribution in [2.24, 2.45) is 0 Å². The monoisotopic (exact) mass is 268 g/mol. The van der Waals surface area contributed by atoms with E-state index in [1.54, 1.807) is 42.7 Å². The van der Waals surface area contributed by atoms with Gasteiger partial charge in [-0.2, -0.15) is 0 Å². The van der Waals surface area contributed by atoms with Crippen LogP contribution in [0.2, 0.25) is 0 Å². The van der Waals surface area contributed by atoms with Crippen LogP contribution < -0.4 is 5.32 Å². The first-order chi connectivity index (χ1) is 9.65. The second-order valence-electron chi connectivity index (χ2n) is 4.45. The molecule has 1 amide bonds. The number of benzene rings is 1. The molecule has 0 aliphatic heterocycles. The summed E-state index contributed by atoms with van der Waals surface area (Å²) in [6.45, 7) is 2.31. The van der Waals surface area contributed by atoms with Crippen LogP contribution in [0.4, 0.5) is 0 Å². The number of phenols is 1. The van der Waals surface area contributed by atoms with Gasteiger partial charge < -0.3 is 10.4 Å². The Morgan fingerprint density at radius 2 is 2.05 bits per heavy atom. The van der Waals surface area contributed by atoms with Gasteiger partial charge in [-0.1, -0.05) is 18.2 Å². The van der Waals surface area contributed by atoms with Gasteiger partial charge in [0.2, 0.25) is 5.91 Å². The molecule has 0 saturated carbocycles. The molecule has 1 heterocycles. The Balaban J connectivity index is 1.96. The SMILES string of the molecule is C/C(=C\C(=O)NCc1cccnc1)c1ccc(O)cc1. The van der Waals surface area contributed by atoms with E-state index < -0.39 is 0 Å². The molecule has 102 valence electrons. The van der Waals surface area contributed by atoms with Crippen LogP contribution in [0.1, 0.15) is 18.1 Å². The van der Waals surface area contributed by atoms with Crippen molar-refractivity contribution in [3.63, 3.8) is 0 Å². The van der Waals surface area contributed by atoms with Crippen molar-refractivity contribution >= 4 is 11.5 Å². The van der Waals surface area contributed by atoms with Gasteiger partial charge in [0, 0.05) is 25.0 Å². The Morgan fingerprint density at radius 1 is 1.30 bits per heavy atom. The number of rotatable bonds is 4. The van der Waals surface area contributed by atoms with Gasteiger partial charge >= 0.3 is 0 Å². The minimum absolute atomic E-state index is 0.153. The van der Waals surface area contributed by atoms with Crippen molar-refractivity contribution < 1.29 is 9.90 Å². The first-order valence-corrected chi connectivity index (χ1v) is 6.29. The number of hydrogen-bond donors (Lipinski definition) is 2. The van der Waals surface area contributed by atoms with E-state index >= 15 is 0 Å². The number of carbonyl (C=O) groups is 1.